The zero-order chi connectivity index (χ0) is 17.8. The van der Waals surface area contributed by atoms with Crippen LogP contribution in [0.1, 0.15) is 12.0 Å². The number of ether oxygens (including phenoxy) is 2. The predicted molar refractivity (Wildman–Crippen MR) is 99.8 cm³/mol. The quantitative estimate of drug-likeness (QED) is 0.481. The number of benzene rings is 1. The largest absolute Gasteiger partial charge is 0.468 e. The van der Waals surface area contributed by atoms with E-state index in [1.807, 2.05) is 28.8 Å². The van der Waals surface area contributed by atoms with Crippen molar-refractivity contribution in [1.29, 1.82) is 0 Å². The summed E-state index contributed by atoms with van der Waals surface area (Å²) in [5, 5.41) is 0. The molecule has 8 heteroatoms. The fraction of sp³-hybridized carbons (Fsp3) is 0.235. The van der Waals surface area contributed by atoms with Gasteiger partial charge in [0.15, 0.2) is 17.0 Å². The highest BCUT2D eigenvalue weighted by Gasteiger charge is 2.18. The first kappa shape index (κ1) is 17.2. The molecule has 0 saturated heterocycles. The summed E-state index contributed by atoms with van der Waals surface area (Å²) in [7, 11) is 1.56. The standard InChI is InChI=1S/C17H18BrN5O2/c1-3-4-8-25-16-21-14(19)13-15(22-16)23(17(20-13)24-2)10-11-6-5-7-12(18)9-11/h3,5-7,9H,1,4,8,10H2,2H3,(H2,19,21,22). The van der Waals surface area contributed by atoms with Crippen LogP contribution in [0.4, 0.5) is 5.82 Å². The number of halogens is 1. The van der Waals surface area contributed by atoms with Gasteiger partial charge in [-0.2, -0.15) is 15.0 Å². The minimum Gasteiger partial charge on any atom is -0.468 e. The van der Waals surface area contributed by atoms with Crippen molar-refractivity contribution in [1.82, 2.24) is 19.5 Å². The summed E-state index contributed by atoms with van der Waals surface area (Å²) in [6.45, 7) is 4.63. The first-order valence-electron chi connectivity index (χ1n) is 7.68. The van der Waals surface area contributed by atoms with Crippen LogP contribution in [0.3, 0.4) is 0 Å². The number of nitrogens with two attached hydrogens (primary N) is 1. The highest BCUT2D eigenvalue weighted by molar-refractivity contribution is 9.10. The van der Waals surface area contributed by atoms with E-state index in [4.69, 9.17) is 15.2 Å². The molecule has 0 bridgehead atoms. The summed E-state index contributed by atoms with van der Waals surface area (Å²) in [6, 6.07) is 8.61. The number of rotatable bonds is 7. The van der Waals surface area contributed by atoms with Gasteiger partial charge in [0.2, 0.25) is 0 Å². The van der Waals surface area contributed by atoms with Crippen molar-refractivity contribution in [2.24, 2.45) is 0 Å². The van der Waals surface area contributed by atoms with Crippen molar-refractivity contribution >= 4 is 32.9 Å². The van der Waals surface area contributed by atoms with Crippen molar-refractivity contribution in [3.05, 3.63) is 47.0 Å². The van der Waals surface area contributed by atoms with Crippen molar-refractivity contribution in [2.75, 3.05) is 19.5 Å². The molecule has 130 valence electrons. The van der Waals surface area contributed by atoms with E-state index in [1.165, 1.54) is 0 Å². The van der Waals surface area contributed by atoms with Gasteiger partial charge >= 0.3 is 6.01 Å². The molecule has 3 aromatic rings. The lowest BCUT2D eigenvalue weighted by Crippen LogP contribution is -2.06. The molecule has 0 saturated carbocycles. The van der Waals surface area contributed by atoms with E-state index < -0.39 is 0 Å². The SMILES string of the molecule is C=CCCOc1nc(N)c2nc(OC)n(Cc3cccc(Br)c3)c2n1. The smallest absolute Gasteiger partial charge is 0.320 e. The van der Waals surface area contributed by atoms with Gasteiger partial charge < -0.3 is 15.2 Å². The number of nitrogen functional groups attached to an aromatic ring is 1. The molecule has 0 aliphatic carbocycles. The molecule has 2 N–H and O–H groups in total. The number of anilines is 1. The van der Waals surface area contributed by atoms with Crippen LogP contribution in [0.5, 0.6) is 12.0 Å². The second-order valence-corrected chi connectivity index (χ2v) is 6.22. The van der Waals surface area contributed by atoms with Gasteiger partial charge in [0, 0.05) is 4.47 Å². The maximum atomic E-state index is 6.03. The van der Waals surface area contributed by atoms with Gasteiger partial charge in [-0.3, -0.25) is 4.57 Å². The Kier molecular flexibility index (Phi) is 5.18. The molecule has 1 aromatic carbocycles. The zero-order valence-corrected chi connectivity index (χ0v) is 15.4. The van der Waals surface area contributed by atoms with E-state index in [-0.39, 0.29) is 11.8 Å². The number of methoxy groups -OCH3 is 1. The van der Waals surface area contributed by atoms with Crippen molar-refractivity contribution in [3.63, 3.8) is 0 Å². The number of hydrogen-bond acceptors (Lipinski definition) is 6. The van der Waals surface area contributed by atoms with Gasteiger partial charge in [-0.1, -0.05) is 34.1 Å². The van der Waals surface area contributed by atoms with Gasteiger partial charge in [0.05, 0.1) is 20.3 Å². The van der Waals surface area contributed by atoms with E-state index in [2.05, 4.69) is 37.5 Å². The van der Waals surface area contributed by atoms with E-state index in [0.717, 1.165) is 10.0 Å². The van der Waals surface area contributed by atoms with E-state index in [9.17, 15) is 0 Å². The van der Waals surface area contributed by atoms with Crippen LogP contribution in [0, 0.1) is 0 Å². The minimum absolute atomic E-state index is 0.213. The average Bonchev–Trinajstić information content (AvgIpc) is 2.94. The maximum absolute atomic E-state index is 6.03. The fourth-order valence-corrected chi connectivity index (χ4v) is 2.84. The molecule has 0 unspecified atom stereocenters. The molecule has 0 fully saturated rings. The summed E-state index contributed by atoms with van der Waals surface area (Å²) < 4.78 is 13.8. The van der Waals surface area contributed by atoms with Crippen molar-refractivity contribution in [2.45, 2.75) is 13.0 Å². The number of hydrogen-bond donors (Lipinski definition) is 1. The molecule has 0 radical (unpaired) electrons. The van der Waals surface area contributed by atoms with Gasteiger partial charge in [0.25, 0.3) is 6.01 Å². The predicted octanol–water partition coefficient (Wildman–Crippen LogP) is 3.18. The molecular weight excluding hydrogens is 386 g/mol. The van der Waals surface area contributed by atoms with E-state index in [1.54, 1.807) is 13.2 Å². The second kappa shape index (κ2) is 7.52. The van der Waals surface area contributed by atoms with Gasteiger partial charge in [-0.15, -0.1) is 6.58 Å². The molecule has 25 heavy (non-hydrogen) atoms. The number of nitrogens with zero attached hydrogens (tertiary/aromatic N) is 4. The van der Waals surface area contributed by atoms with Gasteiger partial charge in [0.1, 0.15) is 0 Å². The Labute approximate surface area is 153 Å². The lowest BCUT2D eigenvalue weighted by atomic mass is 10.2. The number of aromatic nitrogens is 4. The lowest BCUT2D eigenvalue weighted by Gasteiger charge is -2.09. The van der Waals surface area contributed by atoms with Crippen LogP contribution < -0.4 is 15.2 Å². The Morgan fingerprint density at radius 3 is 2.88 bits per heavy atom. The Hall–Kier alpha value is -2.61. The van der Waals surface area contributed by atoms with Gasteiger partial charge in [-0.25, -0.2) is 0 Å². The molecule has 0 aliphatic rings. The van der Waals surface area contributed by atoms with Crippen molar-refractivity contribution in [3.8, 4) is 12.0 Å². The highest BCUT2D eigenvalue weighted by atomic mass is 79.9. The first-order valence-corrected chi connectivity index (χ1v) is 8.47. The van der Waals surface area contributed by atoms with Crippen LogP contribution in [0.15, 0.2) is 41.4 Å². The summed E-state index contributed by atoms with van der Waals surface area (Å²) in [6.07, 6.45) is 2.46. The molecular formula is C17H18BrN5O2. The van der Waals surface area contributed by atoms with Crippen LogP contribution >= 0.6 is 15.9 Å². The van der Waals surface area contributed by atoms with E-state index in [0.29, 0.717) is 36.7 Å². The molecule has 2 aromatic heterocycles. The molecule has 0 atom stereocenters. The Bertz CT molecular complexity index is 909. The third-order valence-electron chi connectivity index (χ3n) is 3.53. The molecule has 0 spiro atoms. The molecule has 0 amide bonds. The Balaban J connectivity index is 2.03. The summed E-state index contributed by atoms with van der Waals surface area (Å²) >= 11 is 3.48. The Morgan fingerprint density at radius 1 is 1.32 bits per heavy atom. The summed E-state index contributed by atoms with van der Waals surface area (Å²) in [5.41, 5.74) is 8.15. The van der Waals surface area contributed by atoms with E-state index >= 15 is 0 Å². The molecule has 7 nitrogen and oxygen atoms in total. The van der Waals surface area contributed by atoms with Crippen molar-refractivity contribution < 1.29 is 9.47 Å². The normalized spacial score (nSPS) is 10.8. The topological polar surface area (TPSA) is 88.1 Å². The molecule has 0 aliphatic heterocycles. The fourth-order valence-electron chi connectivity index (χ4n) is 2.40. The second-order valence-electron chi connectivity index (χ2n) is 5.30. The summed E-state index contributed by atoms with van der Waals surface area (Å²) in [5.74, 6) is 0.255. The first-order chi connectivity index (χ1) is 12.1. The maximum Gasteiger partial charge on any atom is 0.320 e. The zero-order valence-electron chi connectivity index (χ0n) is 13.8. The highest BCUT2D eigenvalue weighted by Crippen LogP contribution is 2.26. The van der Waals surface area contributed by atoms with Crippen LogP contribution in [0.25, 0.3) is 11.2 Å². The van der Waals surface area contributed by atoms with Gasteiger partial charge in [-0.05, 0) is 24.1 Å². The molecule has 2 heterocycles. The number of imidazole rings is 1. The van der Waals surface area contributed by atoms with Crippen LogP contribution in [0.2, 0.25) is 0 Å². The Morgan fingerprint density at radius 2 is 2.16 bits per heavy atom. The molecule has 3 rings (SSSR count). The minimum atomic E-state index is 0.213. The van der Waals surface area contributed by atoms with Crippen LogP contribution in [-0.4, -0.2) is 33.2 Å². The average molecular weight is 404 g/mol. The monoisotopic (exact) mass is 403 g/mol. The summed E-state index contributed by atoms with van der Waals surface area (Å²) in [4.78, 5) is 13.0. The van der Waals surface area contributed by atoms with Crippen LogP contribution in [-0.2, 0) is 6.54 Å². The lowest BCUT2D eigenvalue weighted by molar-refractivity contribution is 0.300. The number of fused-ring (bicyclic) bond motifs is 1. The third kappa shape index (κ3) is 3.74. The third-order valence-corrected chi connectivity index (χ3v) is 4.02.